The van der Waals surface area contributed by atoms with Crippen LogP contribution in [0.5, 0.6) is 17.2 Å². The molecule has 3 aromatic carbocycles. The molecule has 0 aliphatic heterocycles. The lowest BCUT2D eigenvalue weighted by Crippen LogP contribution is -2.23. The first-order chi connectivity index (χ1) is 13.3. The van der Waals surface area contributed by atoms with E-state index in [4.69, 9.17) is 14.2 Å². The van der Waals surface area contributed by atoms with Crippen molar-refractivity contribution in [2.45, 2.75) is 26.4 Å². The maximum absolute atomic E-state index is 6.04. The zero-order valence-corrected chi connectivity index (χ0v) is 18.5. The number of benzene rings is 3. The average molecular weight is 441 g/mol. The first kappa shape index (κ1) is 20.3. The molecule has 0 aliphatic rings. The van der Waals surface area contributed by atoms with E-state index in [-0.39, 0.29) is 5.60 Å². The Morgan fingerprint density at radius 2 is 1.43 bits per heavy atom. The van der Waals surface area contributed by atoms with Crippen LogP contribution in [0.4, 0.5) is 0 Å². The molecule has 0 radical (unpaired) electrons. The van der Waals surface area contributed by atoms with Gasteiger partial charge in [0.1, 0.15) is 22.8 Å². The van der Waals surface area contributed by atoms with Crippen molar-refractivity contribution in [1.82, 2.24) is 0 Å². The highest BCUT2D eigenvalue weighted by Crippen LogP contribution is 2.35. The molecule has 3 nitrogen and oxygen atoms in total. The Morgan fingerprint density at radius 3 is 2.11 bits per heavy atom. The van der Waals surface area contributed by atoms with Crippen LogP contribution >= 0.6 is 15.9 Å². The van der Waals surface area contributed by atoms with E-state index in [2.05, 4.69) is 34.1 Å². The normalized spacial score (nSPS) is 11.8. The predicted molar refractivity (Wildman–Crippen MR) is 121 cm³/mol. The number of hydrogen-bond acceptors (Lipinski definition) is 3. The minimum atomic E-state index is -0.261. The summed E-state index contributed by atoms with van der Waals surface area (Å²) in [4.78, 5) is 0. The minimum Gasteiger partial charge on any atom is -0.496 e. The lowest BCUT2D eigenvalue weighted by Gasteiger charge is -2.22. The van der Waals surface area contributed by atoms with Gasteiger partial charge in [-0.15, -0.1) is 0 Å². The highest BCUT2D eigenvalue weighted by atomic mass is 79.9. The number of fused-ring (bicyclic) bond motifs is 1. The van der Waals surface area contributed by atoms with Gasteiger partial charge in [0.15, 0.2) is 0 Å². The topological polar surface area (TPSA) is 27.7 Å². The fraction of sp³-hybridized carbons (Fsp3) is 0.250. The van der Waals surface area contributed by atoms with Crippen LogP contribution in [0, 0.1) is 0 Å². The second-order valence-corrected chi connectivity index (χ2v) is 8.28. The number of rotatable bonds is 5. The van der Waals surface area contributed by atoms with E-state index in [1.807, 2.05) is 63.2 Å². The van der Waals surface area contributed by atoms with Crippen LogP contribution in [-0.2, 0) is 0 Å². The number of methoxy groups -OCH3 is 2. The van der Waals surface area contributed by atoms with Crippen molar-refractivity contribution in [2.75, 3.05) is 14.2 Å². The number of ether oxygens (including phenoxy) is 3. The Bertz CT molecular complexity index is 1020. The molecule has 3 rings (SSSR count). The molecule has 0 heterocycles. The van der Waals surface area contributed by atoms with Gasteiger partial charge in [-0.3, -0.25) is 0 Å². The van der Waals surface area contributed by atoms with Crippen molar-refractivity contribution in [3.63, 3.8) is 0 Å². The molecule has 0 fully saturated rings. The first-order valence-corrected chi connectivity index (χ1v) is 9.92. The summed E-state index contributed by atoms with van der Waals surface area (Å²) in [7, 11) is 3.37. The third-order valence-electron chi connectivity index (χ3n) is 4.26. The monoisotopic (exact) mass is 440 g/mol. The van der Waals surface area contributed by atoms with Gasteiger partial charge in [0, 0.05) is 10.9 Å². The molecule has 0 N–H and O–H groups in total. The van der Waals surface area contributed by atoms with Crippen molar-refractivity contribution < 1.29 is 14.2 Å². The number of hydrogen-bond donors (Lipinski definition) is 0. The van der Waals surface area contributed by atoms with Crippen LogP contribution in [-0.4, -0.2) is 19.8 Å². The van der Waals surface area contributed by atoms with E-state index in [0.29, 0.717) is 0 Å². The minimum absolute atomic E-state index is 0.261. The fourth-order valence-corrected chi connectivity index (χ4v) is 3.50. The number of halogens is 1. The molecule has 0 saturated heterocycles. The lowest BCUT2D eigenvalue weighted by molar-refractivity contribution is 0.130. The van der Waals surface area contributed by atoms with Crippen molar-refractivity contribution in [3.8, 4) is 17.2 Å². The molecular weight excluding hydrogens is 416 g/mol. The summed E-state index contributed by atoms with van der Waals surface area (Å²) in [6.45, 7) is 6.11. The van der Waals surface area contributed by atoms with Crippen molar-refractivity contribution >= 4 is 38.9 Å². The van der Waals surface area contributed by atoms with Gasteiger partial charge < -0.3 is 14.2 Å². The average Bonchev–Trinajstić information content (AvgIpc) is 2.66. The van der Waals surface area contributed by atoms with Crippen LogP contribution < -0.4 is 14.2 Å². The lowest BCUT2D eigenvalue weighted by atomic mass is 10.0. The SMILES string of the molecule is COc1cc2cccc(OC)c2cc1/C=C\c1cccc(OC(C)(C)C)c1Br. The largest absolute Gasteiger partial charge is 0.496 e. The maximum Gasteiger partial charge on any atom is 0.134 e. The summed E-state index contributed by atoms with van der Waals surface area (Å²) < 4.78 is 18.1. The summed E-state index contributed by atoms with van der Waals surface area (Å²) in [5.41, 5.74) is 1.75. The van der Waals surface area contributed by atoms with E-state index < -0.39 is 0 Å². The van der Waals surface area contributed by atoms with Gasteiger partial charge in [0.25, 0.3) is 0 Å². The Kier molecular flexibility index (Phi) is 5.99. The molecule has 0 saturated carbocycles. The van der Waals surface area contributed by atoms with Gasteiger partial charge in [-0.1, -0.05) is 36.4 Å². The maximum atomic E-state index is 6.04. The molecule has 0 amide bonds. The third kappa shape index (κ3) is 4.50. The highest BCUT2D eigenvalue weighted by molar-refractivity contribution is 9.10. The van der Waals surface area contributed by atoms with Gasteiger partial charge in [-0.05, 0) is 71.9 Å². The van der Waals surface area contributed by atoms with Gasteiger partial charge in [0.05, 0.1) is 18.7 Å². The Balaban J connectivity index is 2.02. The summed E-state index contributed by atoms with van der Waals surface area (Å²) in [6, 6.07) is 16.1. The van der Waals surface area contributed by atoms with Crippen LogP contribution in [0.2, 0.25) is 0 Å². The molecule has 3 aromatic rings. The fourth-order valence-electron chi connectivity index (χ4n) is 3.02. The molecule has 0 aliphatic carbocycles. The van der Waals surface area contributed by atoms with E-state index >= 15 is 0 Å². The highest BCUT2D eigenvalue weighted by Gasteiger charge is 2.15. The molecule has 28 heavy (non-hydrogen) atoms. The quantitative estimate of drug-likeness (QED) is 0.401. The van der Waals surface area contributed by atoms with Crippen molar-refractivity contribution in [3.05, 3.63) is 64.1 Å². The molecule has 146 valence electrons. The molecule has 0 aromatic heterocycles. The summed E-state index contributed by atoms with van der Waals surface area (Å²) in [6.07, 6.45) is 4.10. The Morgan fingerprint density at radius 1 is 0.786 bits per heavy atom. The van der Waals surface area contributed by atoms with Gasteiger partial charge in [-0.25, -0.2) is 0 Å². The zero-order chi connectivity index (χ0) is 20.3. The Hall–Kier alpha value is -2.46. The van der Waals surface area contributed by atoms with E-state index in [0.717, 1.165) is 43.6 Å². The van der Waals surface area contributed by atoms with E-state index in [1.165, 1.54) is 0 Å². The molecule has 0 unspecified atom stereocenters. The molecular formula is C24H25BrO3. The summed E-state index contributed by atoms with van der Waals surface area (Å²) >= 11 is 3.68. The second kappa shape index (κ2) is 8.27. The van der Waals surface area contributed by atoms with Crippen LogP contribution in [0.1, 0.15) is 31.9 Å². The zero-order valence-electron chi connectivity index (χ0n) is 16.9. The van der Waals surface area contributed by atoms with Crippen molar-refractivity contribution in [1.29, 1.82) is 0 Å². The molecule has 0 atom stereocenters. The smallest absolute Gasteiger partial charge is 0.134 e. The standard InChI is InChI=1S/C24H25BrO3/c1-24(2,3)28-21-11-6-8-16(23(21)25)12-13-18-14-19-17(15-22(18)27-5)9-7-10-20(19)26-4/h6-15H,1-5H3/b13-12-. The van der Waals surface area contributed by atoms with E-state index in [9.17, 15) is 0 Å². The van der Waals surface area contributed by atoms with Gasteiger partial charge in [0.2, 0.25) is 0 Å². The molecule has 4 heteroatoms. The third-order valence-corrected chi connectivity index (χ3v) is 5.11. The van der Waals surface area contributed by atoms with Gasteiger partial charge >= 0.3 is 0 Å². The first-order valence-electron chi connectivity index (χ1n) is 9.13. The Labute approximate surface area is 175 Å². The van der Waals surface area contributed by atoms with Crippen LogP contribution in [0.25, 0.3) is 22.9 Å². The van der Waals surface area contributed by atoms with Crippen LogP contribution in [0.15, 0.2) is 53.0 Å². The van der Waals surface area contributed by atoms with E-state index in [1.54, 1.807) is 14.2 Å². The van der Waals surface area contributed by atoms with Gasteiger partial charge in [-0.2, -0.15) is 0 Å². The molecule has 0 spiro atoms. The summed E-state index contributed by atoms with van der Waals surface area (Å²) in [5.74, 6) is 2.48. The van der Waals surface area contributed by atoms with Crippen molar-refractivity contribution in [2.24, 2.45) is 0 Å². The van der Waals surface area contributed by atoms with Crippen LogP contribution in [0.3, 0.4) is 0 Å². The second-order valence-electron chi connectivity index (χ2n) is 7.48. The molecule has 0 bridgehead atoms. The summed E-state index contributed by atoms with van der Waals surface area (Å²) in [5, 5.41) is 2.13. The predicted octanol–water partition coefficient (Wildman–Crippen LogP) is 6.97.